The van der Waals surface area contributed by atoms with Crippen molar-refractivity contribution >= 4 is 27.8 Å². The summed E-state index contributed by atoms with van der Waals surface area (Å²) in [6, 6.07) is 5.07. The van der Waals surface area contributed by atoms with Gasteiger partial charge in [-0.05, 0) is 24.6 Å². The molecule has 0 radical (unpaired) electrons. The van der Waals surface area contributed by atoms with Crippen molar-refractivity contribution in [3.8, 4) is 11.8 Å². The number of esters is 1. The average Bonchev–Trinajstić information content (AvgIpc) is 3.29. The second-order valence-electron chi connectivity index (χ2n) is 6.26. The third-order valence-electron chi connectivity index (χ3n) is 4.08. The van der Waals surface area contributed by atoms with Crippen LogP contribution >= 0.6 is 11.3 Å². The van der Waals surface area contributed by atoms with Crippen molar-refractivity contribution in [1.82, 2.24) is 14.6 Å². The van der Waals surface area contributed by atoms with Crippen LogP contribution in [0.5, 0.6) is 11.8 Å². The summed E-state index contributed by atoms with van der Waals surface area (Å²) < 4.78 is 71.0. The Bertz CT molecular complexity index is 1130. The molecule has 0 spiro atoms. The molecule has 0 atom stereocenters. The number of fused-ring (bicyclic) bond motifs is 1. The van der Waals surface area contributed by atoms with Crippen LogP contribution < -0.4 is 9.47 Å². The summed E-state index contributed by atoms with van der Waals surface area (Å²) in [4.78, 5) is 17.3. The minimum atomic E-state index is -4.58. The van der Waals surface area contributed by atoms with Gasteiger partial charge in [0, 0.05) is 0 Å². The Morgan fingerprint density at radius 1 is 1.25 bits per heavy atom. The maximum atomic E-state index is 12.9. The first-order valence-corrected chi connectivity index (χ1v) is 9.72. The topological polar surface area (TPSA) is 84.2 Å². The van der Waals surface area contributed by atoms with E-state index in [1.807, 2.05) is 0 Å². The lowest BCUT2D eigenvalue weighted by molar-refractivity contribution is -0.253. The Hall–Kier alpha value is -3.35. The number of ether oxygens (including phenoxy) is 4. The van der Waals surface area contributed by atoms with Crippen LogP contribution in [0.4, 0.5) is 17.6 Å². The summed E-state index contributed by atoms with van der Waals surface area (Å²) in [7, 11) is 2.66. The maximum absolute atomic E-state index is 12.9. The van der Waals surface area contributed by atoms with Crippen LogP contribution in [0, 0.1) is 6.92 Å². The second kappa shape index (κ2) is 9.42. The van der Waals surface area contributed by atoms with Gasteiger partial charge in [-0.25, -0.2) is 9.31 Å². The van der Waals surface area contributed by atoms with Crippen molar-refractivity contribution in [3.05, 3.63) is 46.7 Å². The molecule has 2 aromatic heterocycles. The van der Waals surface area contributed by atoms with Crippen molar-refractivity contribution in [3.63, 3.8) is 0 Å². The van der Waals surface area contributed by atoms with Crippen LogP contribution in [0.1, 0.15) is 16.1 Å². The normalized spacial score (nSPS) is 12.3. The zero-order chi connectivity index (χ0) is 23.5. The third kappa shape index (κ3) is 4.93. The molecule has 0 saturated carbocycles. The van der Waals surface area contributed by atoms with E-state index in [9.17, 15) is 22.4 Å². The molecular formula is C19H17F4N3O5S. The third-order valence-corrected chi connectivity index (χ3v) is 5.25. The van der Waals surface area contributed by atoms with E-state index in [4.69, 9.17) is 14.2 Å². The first-order chi connectivity index (χ1) is 15.2. The number of hydrogen-bond acceptors (Lipinski definition) is 8. The van der Waals surface area contributed by atoms with Crippen molar-refractivity contribution in [2.75, 3.05) is 14.2 Å². The van der Waals surface area contributed by atoms with Crippen molar-refractivity contribution in [2.45, 2.75) is 26.1 Å². The van der Waals surface area contributed by atoms with Crippen LogP contribution in [-0.2, 0) is 20.9 Å². The molecule has 0 fully saturated rings. The highest BCUT2D eigenvalue weighted by molar-refractivity contribution is 7.18. The van der Waals surface area contributed by atoms with E-state index in [0.29, 0.717) is 21.1 Å². The molecule has 1 aromatic carbocycles. The van der Waals surface area contributed by atoms with Gasteiger partial charge in [0.1, 0.15) is 17.9 Å². The van der Waals surface area contributed by atoms with Crippen molar-refractivity contribution in [2.24, 2.45) is 0 Å². The van der Waals surface area contributed by atoms with Crippen LogP contribution in [-0.4, -0.2) is 47.3 Å². The molecule has 8 nitrogen and oxygen atoms in total. The summed E-state index contributed by atoms with van der Waals surface area (Å²) in [6.07, 6.45) is -7.25. The number of carbonyl (C=O) groups is 1. The van der Waals surface area contributed by atoms with Gasteiger partial charge in [-0.2, -0.15) is 22.5 Å². The zero-order valence-corrected chi connectivity index (χ0v) is 17.8. The minimum Gasteiger partial charge on any atom is -0.503 e. The molecular weight excluding hydrogens is 458 g/mol. The van der Waals surface area contributed by atoms with E-state index < -0.39 is 24.3 Å². The van der Waals surface area contributed by atoms with Crippen LogP contribution in [0.15, 0.2) is 30.5 Å². The van der Waals surface area contributed by atoms with Crippen molar-refractivity contribution < 1.29 is 41.3 Å². The second-order valence-corrected chi connectivity index (χ2v) is 7.24. The largest absolute Gasteiger partial charge is 0.503 e. The van der Waals surface area contributed by atoms with Gasteiger partial charge in [-0.15, -0.1) is 5.10 Å². The Kier molecular flexibility index (Phi) is 6.87. The first-order valence-electron chi connectivity index (χ1n) is 8.90. The number of aromatic nitrogens is 3. The summed E-state index contributed by atoms with van der Waals surface area (Å²) in [5, 5.41) is 4.23. The number of thiazole rings is 1. The van der Waals surface area contributed by atoms with Gasteiger partial charge in [-0.1, -0.05) is 23.5 Å². The molecule has 2 heterocycles. The predicted octanol–water partition coefficient (Wildman–Crippen LogP) is 4.08. The van der Waals surface area contributed by atoms with Gasteiger partial charge in [0.05, 0.1) is 31.1 Å². The molecule has 0 aliphatic carbocycles. The summed E-state index contributed by atoms with van der Waals surface area (Å²) in [5.74, 6) is -0.983. The maximum Gasteiger partial charge on any atom is 0.461 e. The molecule has 3 rings (SSSR count). The van der Waals surface area contributed by atoms with Gasteiger partial charge in [0.2, 0.25) is 4.96 Å². The molecule has 13 heteroatoms. The summed E-state index contributed by atoms with van der Waals surface area (Å²) in [5.41, 5.74) is 1.37. The first kappa shape index (κ1) is 23.3. The van der Waals surface area contributed by atoms with E-state index in [1.54, 1.807) is 6.92 Å². The van der Waals surface area contributed by atoms with Gasteiger partial charge in [-0.3, -0.25) is 0 Å². The van der Waals surface area contributed by atoms with E-state index in [1.165, 1.54) is 48.5 Å². The Morgan fingerprint density at radius 2 is 1.94 bits per heavy atom. The highest BCUT2D eigenvalue weighted by Crippen LogP contribution is 2.31. The molecule has 32 heavy (non-hydrogen) atoms. The van der Waals surface area contributed by atoms with Gasteiger partial charge in [0.25, 0.3) is 0 Å². The molecule has 0 bridgehead atoms. The molecule has 0 saturated heterocycles. The fourth-order valence-corrected chi connectivity index (χ4v) is 3.61. The van der Waals surface area contributed by atoms with Crippen LogP contribution in [0.2, 0.25) is 0 Å². The zero-order valence-electron chi connectivity index (χ0n) is 17.0. The highest BCUT2D eigenvalue weighted by Gasteiger charge is 2.43. The molecule has 0 N–H and O–H groups in total. The fourth-order valence-electron chi connectivity index (χ4n) is 2.56. The number of rotatable bonds is 9. The summed E-state index contributed by atoms with van der Waals surface area (Å²) in [6.45, 7) is 1.73. The number of carbonyl (C=O) groups excluding carboxylic acids is 1. The minimum absolute atomic E-state index is 0.00769. The Morgan fingerprint density at radius 3 is 2.50 bits per heavy atom. The van der Waals surface area contributed by atoms with E-state index in [2.05, 4.69) is 14.8 Å². The number of halogens is 4. The smallest absolute Gasteiger partial charge is 0.461 e. The summed E-state index contributed by atoms with van der Waals surface area (Å²) >= 11 is 1.18. The Labute approximate surface area is 183 Å². The molecule has 0 amide bonds. The number of hydrogen-bond donors (Lipinski definition) is 0. The van der Waals surface area contributed by atoms with E-state index in [0.717, 1.165) is 12.1 Å². The molecule has 0 unspecified atom stereocenters. The van der Waals surface area contributed by atoms with Gasteiger partial charge < -0.3 is 18.9 Å². The lowest BCUT2D eigenvalue weighted by atomic mass is 10.2. The SMILES string of the molecule is COC=C(C(=O)OC)c1sc2nc(OCc3ccc(OC(F)(F)C(F)F)cc3)nn2c1C. The average molecular weight is 475 g/mol. The van der Waals surface area contributed by atoms with E-state index >= 15 is 0 Å². The molecule has 0 aliphatic heterocycles. The standard InChI is InChI=1S/C19H17F4N3O5S/c1-10-14(13(9-28-2)15(27)29-3)32-18-24-17(25-26(10)18)30-8-11-4-6-12(7-5-11)31-19(22,23)16(20)21/h4-7,9,16H,8H2,1-3H3. The molecule has 172 valence electrons. The van der Waals surface area contributed by atoms with Crippen LogP contribution in [0.25, 0.3) is 10.5 Å². The van der Waals surface area contributed by atoms with Gasteiger partial charge >= 0.3 is 24.5 Å². The lowest BCUT2D eigenvalue weighted by Crippen LogP contribution is -2.33. The number of methoxy groups -OCH3 is 2. The van der Waals surface area contributed by atoms with Crippen LogP contribution in [0.3, 0.4) is 0 Å². The monoisotopic (exact) mass is 475 g/mol. The quantitative estimate of drug-likeness (QED) is 0.200. The number of nitrogens with zero attached hydrogens (tertiary/aromatic N) is 3. The fraction of sp³-hybridized carbons (Fsp3) is 0.316. The van der Waals surface area contributed by atoms with Crippen molar-refractivity contribution in [1.29, 1.82) is 0 Å². The Balaban J connectivity index is 1.70. The number of alkyl halides is 4. The van der Waals surface area contributed by atoms with Gasteiger partial charge in [0.15, 0.2) is 0 Å². The molecule has 3 aromatic rings. The van der Waals surface area contributed by atoms with E-state index in [-0.39, 0.29) is 18.2 Å². The number of aryl methyl sites for hydroxylation is 1. The lowest BCUT2D eigenvalue weighted by Gasteiger charge is -2.16. The highest BCUT2D eigenvalue weighted by atomic mass is 32.1. The predicted molar refractivity (Wildman–Crippen MR) is 105 cm³/mol. The number of benzene rings is 1. The molecule has 0 aliphatic rings.